The summed E-state index contributed by atoms with van der Waals surface area (Å²) < 4.78 is 16.2. The van der Waals surface area contributed by atoms with Gasteiger partial charge in [0.05, 0.1) is 27.0 Å². The van der Waals surface area contributed by atoms with Gasteiger partial charge >= 0.3 is 5.97 Å². The lowest BCUT2D eigenvalue weighted by atomic mass is 10.1. The zero-order valence-corrected chi connectivity index (χ0v) is 16.6. The van der Waals surface area contributed by atoms with Crippen LogP contribution in [0, 0.1) is 0 Å². The Kier molecular flexibility index (Phi) is 5.99. The van der Waals surface area contributed by atoms with Crippen LogP contribution in [0.25, 0.3) is 0 Å². The maximum absolute atomic E-state index is 12.9. The zero-order valence-electron chi connectivity index (χ0n) is 15.8. The van der Waals surface area contributed by atoms with Gasteiger partial charge in [-0.05, 0) is 29.8 Å². The number of ether oxygens (including phenoxy) is 3. The van der Waals surface area contributed by atoms with Crippen LogP contribution in [0.5, 0.6) is 17.2 Å². The van der Waals surface area contributed by atoms with E-state index in [1.165, 1.54) is 38.0 Å². The largest absolute Gasteiger partial charge is 0.493 e. The molecule has 1 heterocycles. The Morgan fingerprint density at radius 1 is 1.14 bits per heavy atom. The molecule has 0 spiro atoms. The summed E-state index contributed by atoms with van der Waals surface area (Å²) in [6.07, 6.45) is 0.144. The second kappa shape index (κ2) is 8.43. The van der Waals surface area contributed by atoms with Crippen molar-refractivity contribution in [2.24, 2.45) is 0 Å². The molecular weight excluding hydrogens is 382 g/mol. The molecule has 3 rings (SSSR count). The highest BCUT2D eigenvalue weighted by atomic mass is 32.2. The molecule has 0 saturated heterocycles. The average molecular weight is 403 g/mol. The third-order valence-electron chi connectivity index (χ3n) is 4.44. The predicted molar refractivity (Wildman–Crippen MR) is 106 cm³/mol. The molecule has 1 amide bonds. The first-order valence-corrected chi connectivity index (χ1v) is 9.44. The predicted octanol–water partition coefficient (Wildman–Crippen LogP) is 3.37. The fraction of sp³-hybridized carbons (Fsp3) is 0.300. The normalized spacial score (nSPS) is 16.2. The molecule has 2 aromatic rings. The Hall–Kier alpha value is -2.87. The molecule has 0 bridgehead atoms. The molecule has 0 aromatic heterocycles. The lowest BCUT2D eigenvalue weighted by molar-refractivity contribution is -0.136. The van der Waals surface area contributed by atoms with E-state index in [-0.39, 0.29) is 24.1 Å². The molecule has 1 unspecified atom stereocenters. The van der Waals surface area contributed by atoms with Crippen molar-refractivity contribution >= 4 is 29.3 Å². The zero-order chi connectivity index (χ0) is 20.3. The average Bonchev–Trinajstić information content (AvgIpc) is 2.83. The summed E-state index contributed by atoms with van der Waals surface area (Å²) in [6, 6.07) is 11.0. The smallest absolute Gasteiger partial charge is 0.323 e. The number of anilines is 1. The van der Waals surface area contributed by atoms with E-state index in [1.807, 2.05) is 24.3 Å². The van der Waals surface area contributed by atoms with Crippen LogP contribution in [0.4, 0.5) is 5.69 Å². The number of fused-ring (bicyclic) bond motifs is 1. The Balaban J connectivity index is 2.05. The number of hydrogen-bond donors (Lipinski definition) is 1. The van der Waals surface area contributed by atoms with Crippen molar-refractivity contribution in [3.8, 4) is 17.2 Å². The number of amides is 1. The van der Waals surface area contributed by atoms with Crippen molar-refractivity contribution in [3.05, 3.63) is 42.0 Å². The number of carbonyl (C=O) groups excluding carboxylic acids is 1. The summed E-state index contributed by atoms with van der Waals surface area (Å²) in [5, 5.41) is 9.00. The molecule has 148 valence electrons. The molecule has 0 aliphatic carbocycles. The molecule has 0 saturated carbocycles. The van der Waals surface area contributed by atoms with Crippen LogP contribution >= 0.6 is 11.8 Å². The SMILES string of the molecule is COc1cc(C2CC(=O)N(CC(=O)O)c3ccccc3S2)cc(OC)c1OC. The molecule has 1 aliphatic rings. The van der Waals surface area contributed by atoms with Crippen molar-refractivity contribution in [2.45, 2.75) is 16.6 Å². The minimum atomic E-state index is -1.06. The van der Waals surface area contributed by atoms with Gasteiger partial charge < -0.3 is 24.2 Å². The van der Waals surface area contributed by atoms with E-state index in [1.54, 1.807) is 12.1 Å². The van der Waals surface area contributed by atoms with Gasteiger partial charge in [-0.3, -0.25) is 9.59 Å². The van der Waals surface area contributed by atoms with Gasteiger partial charge in [0.15, 0.2) is 11.5 Å². The van der Waals surface area contributed by atoms with Gasteiger partial charge in [0.1, 0.15) is 6.54 Å². The monoisotopic (exact) mass is 403 g/mol. The molecule has 8 heteroatoms. The van der Waals surface area contributed by atoms with E-state index in [2.05, 4.69) is 0 Å². The van der Waals surface area contributed by atoms with Crippen molar-refractivity contribution in [2.75, 3.05) is 32.8 Å². The Bertz CT molecular complexity index is 875. The van der Waals surface area contributed by atoms with E-state index in [0.29, 0.717) is 22.9 Å². The number of carboxylic acid groups (broad SMARTS) is 1. The summed E-state index contributed by atoms with van der Waals surface area (Å²) in [5.74, 6) is 0.180. The molecule has 2 aromatic carbocycles. The molecule has 1 atom stereocenters. The quantitative estimate of drug-likeness (QED) is 0.791. The highest BCUT2D eigenvalue weighted by Gasteiger charge is 2.31. The van der Waals surface area contributed by atoms with Gasteiger partial charge in [0, 0.05) is 16.6 Å². The van der Waals surface area contributed by atoms with Crippen molar-refractivity contribution in [1.29, 1.82) is 0 Å². The minimum absolute atomic E-state index is 0.144. The molecule has 1 N–H and O–H groups in total. The molecule has 1 aliphatic heterocycles. The summed E-state index contributed by atoms with van der Waals surface area (Å²) in [7, 11) is 4.61. The van der Waals surface area contributed by atoms with Gasteiger partial charge in [0.2, 0.25) is 11.7 Å². The summed E-state index contributed by atoms with van der Waals surface area (Å²) in [4.78, 5) is 26.3. The van der Waals surface area contributed by atoms with Gasteiger partial charge in [-0.25, -0.2) is 0 Å². The van der Waals surface area contributed by atoms with E-state index in [0.717, 1.165) is 10.5 Å². The number of aliphatic carboxylic acids is 1. The molecule has 0 fully saturated rings. The van der Waals surface area contributed by atoms with E-state index >= 15 is 0 Å². The van der Waals surface area contributed by atoms with Gasteiger partial charge in [-0.15, -0.1) is 11.8 Å². The highest BCUT2D eigenvalue weighted by molar-refractivity contribution is 7.99. The van der Waals surface area contributed by atoms with Gasteiger partial charge in [-0.1, -0.05) is 12.1 Å². The van der Waals surface area contributed by atoms with E-state index < -0.39 is 5.97 Å². The van der Waals surface area contributed by atoms with Gasteiger partial charge in [0.25, 0.3) is 0 Å². The van der Waals surface area contributed by atoms with Gasteiger partial charge in [-0.2, -0.15) is 0 Å². The fourth-order valence-corrected chi connectivity index (χ4v) is 4.42. The number of nitrogens with zero attached hydrogens (tertiary/aromatic N) is 1. The number of carboxylic acids is 1. The van der Waals surface area contributed by atoms with Crippen LogP contribution in [0.15, 0.2) is 41.3 Å². The molecule has 28 heavy (non-hydrogen) atoms. The summed E-state index contributed by atoms with van der Waals surface area (Å²) in [5.41, 5.74) is 1.44. The second-order valence-corrected chi connectivity index (χ2v) is 7.36. The topological polar surface area (TPSA) is 85.3 Å². The molecular formula is C20H21NO6S. The number of methoxy groups -OCH3 is 3. The Labute approximate surface area is 167 Å². The van der Waals surface area contributed by atoms with Crippen LogP contribution in [-0.4, -0.2) is 44.9 Å². The third-order valence-corrected chi connectivity index (χ3v) is 5.76. The fourth-order valence-electron chi connectivity index (χ4n) is 3.16. The van der Waals surface area contributed by atoms with E-state index in [9.17, 15) is 14.7 Å². The highest BCUT2D eigenvalue weighted by Crippen LogP contribution is 2.48. The van der Waals surface area contributed by atoms with Crippen molar-refractivity contribution in [3.63, 3.8) is 0 Å². The number of benzene rings is 2. The minimum Gasteiger partial charge on any atom is -0.493 e. The second-order valence-electron chi connectivity index (χ2n) is 6.11. The van der Waals surface area contributed by atoms with Crippen LogP contribution in [0.2, 0.25) is 0 Å². The van der Waals surface area contributed by atoms with Crippen LogP contribution in [0.3, 0.4) is 0 Å². The van der Waals surface area contributed by atoms with Crippen molar-refractivity contribution < 1.29 is 28.9 Å². The first-order chi connectivity index (χ1) is 13.5. The van der Waals surface area contributed by atoms with Crippen LogP contribution < -0.4 is 19.1 Å². The first kappa shape index (κ1) is 19.9. The number of hydrogen-bond acceptors (Lipinski definition) is 6. The number of thioether (sulfide) groups is 1. The summed E-state index contributed by atoms with van der Waals surface area (Å²) in [6.45, 7) is -0.377. The first-order valence-electron chi connectivity index (χ1n) is 8.56. The summed E-state index contributed by atoms with van der Waals surface area (Å²) >= 11 is 1.51. The van der Waals surface area contributed by atoms with Crippen LogP contribution in [0.1, 0.15) is 17.2 Å². The van der Waals surface area contributed by atoms with E-state index in [4.69, 9.17) is 14.2 Å². The lowest BCUT2D eigenvalue weighted by Gasteiger charge is -2.20. The third kappa shape index (κ3) is 3.87. The standard InChI is InChI=1S/C20H21NO6S/c1-25-14-8-12(9-15(26-2)20(14)27-3)17-10-18(22)21(11-19(23)24)13-6-4-5-7-16(13)28-17/h4-9,17H,10-11H2,1-3H3,(H,23,24). The lowest BCUT2D eigenvalue weighted by Crippen LogP contribution is -2.35. The number of carbonyl (C=O) groups is 2. The Morgan fingerprint density at radius 3 is 2.36 bits per heavy atom. The Morgan fingerprint density at radius 2 is 1.79 bits per heavy atom. The maximum Gasteiger partial charge on any atom is 0.323 e. The number of para-hydroxylation sites is 1. The molecule has 0 radical (unpaired) electrons. The van der Waals surface area contributed by atoms with Crippen molar-refractivity contribution in [1.82, 2.24) is 0 Å². The maximum atomic E-state index is 12.9. The number of rotatable bonds is 6. The van der Waals surface area contributed by atoms with Crippen LogP contribution in [-0.2, 0) is 9.59 Å². The molecule has 7 nitrogen and oxygen atoms in total.